The monoisotopic (exact) mass is 539 g/mol. The minimum atomic E-state index is 0.596. The second kappa shape index (κ2) is 8.73. The van der Waals surface area contributed by atoms with E-state index in [9.17, 15) is 0 Å². The van der Waals surface area contributed by atoms with Crippen LogP contribution in [0.4, 0.5) is 0 Å². The third-order valence-corrected chi connectivity index (χ3v) is 8.38. The van der Waals surface area contributed by atoms with Crippen molar-refractivity contribution in [1.29, 1.82) is 0 Å². The number of hydrogen-bond acceptors (Lipinski definition) is 5. The summed E-state index contributed by atoms with van der Waals surface area (Å²) in [5.41, 5.74) is 4.30. The van der Waals surface area contributed by atoms with E-state index >= 15 is 0 Å². The molecule has 3 heterocycles. The molecule has 4 nitrogen and oxygen atoms in total. The van der Waals surface area contributed by atoms with Crippen molar-refractivity contribution in [3.8, 4) is 34.2 Å². The van der Waals surface area contributed by atoms with Gasteiger partial charge in [-0.15, -0.1) is 11.3 Å². The summed E-state index contributed by atoms with van der Waals surface area (Å²) in [7, 11) is 0. The van der Waals surface area contributed by atoms with Gasteiger partial charge in [-0.25, -0.2) is 15.0 Å². The van der Waals surface area contributed by atoms with Crippen LogP contribution < -0.4 is 0 Å². The number of furan rings is 1. The van der Waals surface area contributed by atoms with Crippen LogP contribution in [-0.2, 0) is 0 Å². The van der Waals surface area contributed by atoms with Crippen LogP contribution >= 0.6 is 22.9 Å². The lowest BCUT2D eigenvalue weighted by Gasteiger charge is -2.10. The molecule has 0 fully saturated rings. The van der Waals surface area contributed by atoms with Crippen molar-refractivity contribution in [3.05, 3.63) is 114 Å². The van der Waals surface area contributed by atoms with Gasteiger partial charge in [-0.05, 0) is 30.3 Å². The van der Waals surface area contributed by atoms with E-state index in [2.05, 4.69) is 42.5 Å². The van der Waals surface area contributed by atoms with Crippen LogP contribution in [0.25, 0.3) is 76.3 Å². The van der Waals surface area contributed by atoms with Crippen LogP contribution in [0.1, 0.15) is 0 Å². The van der Waals surface area contributed by atoms with Crippen molar-refractivity contribution in [2.24, 2.45) is 0 Å². The van der Waals surface area contributed by atoms with Gasteiger partial charge in [-0.2, -0.15) is 0 Å². The Labute approximate surface area is 232 Å². The van der Waals surface area contributed by atoms with E-state index < -0.39 is 0 Å². The fourth-order valence-corrected chi connectivity index (χ4v) is 6.57. The van der Waals surface area contributed by atoms with E-state index in [1.165, 1.54) is 14.8 Å². The molecule has 0 N–H and O–H groups in total. The molecule has 0 spiro atoms. The number of benzene rings is 5. The fraction of sp³-hybridized carbons (Fsp3) is 0. The molecule has 0 unspecified atom stereocenters. The number of fused-ring (bicyclic) bond motifs is 6. The van der Waals surface area contributed by atoms with Crippen molar-refractivity contribution in [3.63, 3.8) is 0 Å². The summed E-state index contributed by atoms with van der Waals surface area (Å²) in [4.78, 5) is 15.1. The molecule has 0 saturated heterocycles. The lowest BCUT2D eigenvalue weighted by atomic mass is 10.0. The summed E-state index contributed by atoms with van der Waals surface area (Å²) in [6, 6.07) is 36.6. The zero-order valence-corrected chi connectivity index (χ0v) is 22.0. The molecule has 0 aliphatic carbocycles. The molecule has 0 saturated carbocycles. The molecule has 0 bridgehead atoms. The van der Waals surface area contributed by atoms with Gasteiger partial charge in [0.2, 0.25) is 0 Å². The Balaban J connectivity index is 1.45. The lowest BCUT2D eigenvalue weighted by Crippen LogP contribution is -2.00. The first-order valence-corrected chi connectivity index (χ1v) is 13.8. The zero-order chi connectivity index (χ0) is 25.9. The van der Waals surface area contributed by atoms with Gasteiger partial charge in [0.05, 0.1) is 0 Å². The van der Waals surface area contributed by atoms with Crippen LogP contribution in [0.2, 0.25) is 5.02 Å². The van der Waals surface area contributed by atoms with Crippen LogP contribution in [-0.4, -0.2) is 15.0 Å². The Kier molecular flexibility index (Phi) is 5.02. The van der Waals surface area contributed by atoms with E-state index in [0.717, 1.165) is 44.0 Å². The second-order valence-electron chi connectivity index (χ2n) is 9.37. The average molecular weight is 540 g/mol. The Hall–Kier alpha value is -4.58. The number of rotatable bonds is 3. The molecule has 6 heteroatoms. The molecule has 5 aromatic carbocycles. The molecular weight excluding hydrogens is 522 g/mol. The van der Waals surface area contributed by atoms with Gasteiger partial charge < -0.3 is 4.42 Å². The minimum Gasteiger partial charge on any atom is -0.456 e. The first-order valence-electron chi connectivity index (χ1n) is 12.6. The van der Waals surface area contributed by atoms with E-state index in [4.69, 9.17) is 31.0 Å². The van der Waals surface area contributed by atoms with Crippen molar-refractivity contribution in [1.82, 2.24) is 15.0 Å². The van der Waals surface area contributed by atoms with Crippen molar-refractivity contribution in [2.45, 2.75) is 0 Å². The third kappa shape index (κ3) is 3.62. The summed E-state index contributed by atoms with van der Waals surface area (Å²) in [6.07, 6.45) is 0. The van der Waals surface area contributed by atoms with Crippen molar-refractivity contribution < 1.29 is 4.42 Å². The quantitative estimate of drug-likeness (QED) is 0.224. The summed E-state index contributed by atoms with van der Waals surface area (Å²) in [5.74, 6) is 1.86. The highest BCUT2D eigenvalue weighted by atomic mass is 35.5. The normalized spacial score (nSPS) is 11.7. The SMILES string of the molecule is Clc1ccc2c(c1)oc1cccc(-c3nc(-c4ccccc4)nc(-c4cccc5sc6ccccc6c45)n3)c12. The Morgan fingerprint density at radius 3 is 2.08 bits per heavy atom. The van der Waals surface area contributed by atoms with Gasteiger partial charge in [0, 0.05) is 58.7 Å². The van der Waals surface area contributed by atoms with E-state index in [-0.39, 0.29) is 0 Å². The number of hydrogen-bond donors (Lipinski definition) is 0. The highest BCUT2D eigenvalue weighted by Gasteiger charge is 2.19. The lowest BCUT2D eigenvalue weighted by molar-refractivity contribution is 0.669. The average Bonchev–Trinajstić information content (AvgIpc) is 3.55. The molecule has 3 aromatic heterocycles. The highest BCUT2D eigenvalue weighted by molar-refractivity contribution is 7.25. The maximum absolute atomic E-state index is 6.27. The summed E-state index contributed by atoms with van der Waals surface area (Å²) in [6.45, 7) is 0. The number of nitrogens with zero attached hydrogens (tertiary/aromatic N) is 3. The van der Waals surface area contributed by atoms with E-state index in [0.29, 0.717) is 22.5 Å². The molecule has 8 aromatic rings. The van der Waals surface area contributed by atoms with Gasteiger partial charge in [-0.3, -0.25) is 0 Å². The molecule has 0 aliphatic rings. The molecular formula is C33H18ClN3OS. The van der Waals surface area contributed by atoms with Crippen LogP contribution in [0.15, 0.2) is 114 Å². The Bertz CT molecular complexity index is 2200. The maximum atomic E-state index is 6.27. The number of aromatic nitrogens is 3. The number of halogens is 1. The van der Waals surface area contributed by atoms with Crippen LogP contribution in [0.5, 0.6) is 0 Å². The highest BCUT2D eigenvalue weighted by Crippen LogP contribution is 2.41. The van der Waals surface area contributed by atoms with Crippen molar-refractivity contribution >= 4 is 65.0 Å². The van der Waals surface area contributed by atoms with Crippen LogP contribution in [0, 0.1) is 0 Å². The van der Waals surface area contributed by atoms with Gasteiger partial charge in [0.15, 0.2) is 17.5 Å². The first-order chi connectivity index (χ1) is 19.2. The molecule has 0 radical (unpaired) electrons. The molecule has 184 valence electrons. The smallest absolute Gasteiger partial charge is 0.164 e. The van der Waals surface area contributed by atoms with E-state index in [1.54, 1.807) is 11.3 Å². The summed E-state index contributed by atoms with van der Waals surface area (Å²) < 4.78 is 8.61. The van der Waals surface area contributed by atoms with Crippen molar-refractivity contribution in [2.75, 3.05) is 0 Å². The molecule has 0 amide bonds. The topological polar surface area (TPSA) is 51.8 Å². The van der Waals surface area contributed by atoms with E-state index in [1.807, 2.05) is 66.7 Å². The standard InChI is InChI=1S/C33H18ClN3OS/c34-20-16-17-21-26(18-20)38-25-13-6-11-23(29(21)25)32-35-31(19-8-2-1-3-9-19)36-33(37-32)24-12-7-15-28-30(24)22-10-4-5-14-27(22)39-28/h1-18H. The largest absolute Gasteiger partial charge is 0.456 e. The van der Waals surface area contributed by atoms with Crippen LogP contribution in [0.3, 0.4) is 0 Å². The summed E-state index contributed by atoms with van der Waals surface area (Å²) >= 11 is 8.05. The molecule has 0 atom stereocenters. The zero-order valence-electron chi connectivity index (χ0n) is 20.4. The first kappa shape index (κ1) is 22.4. The predicted octanol–water partition coefficient (Wildman–Crippen LogP) is 9.79. The molecule has 0 aliphatic heterocycles. The fourth-order valence-electron chi connectivity index (χ4n) is 5.28. The Morgan fingerprint density at radius 2 is 1.23 bits per heavy atom. The summed E-state index contributed by atoms with van der Waals surface area (Å²) in [5, 5.41) is 4.93. The molecule has 39 heavy (non-hydrogen) atoms. The van der Waals surface area contributed by atoms with Gasteiger partial charge in [0.25, 0.3) is 0 Å². The minimum absolute atomic E-state index is 0.596. The van der Waals surface area contributed by atoms with Gasteiger partial charge >= 0.3 is 0 Å². The number of thiophene rings is 1. The second-order valence-corrected chi connectivity index (χ2v) is 10.9. The maximum Gasteiger partial charge on any atom is 0.164 e. The van der Waals surface area contributed by atoms with Gasteiger partial charge in [-0.1, -0.05) is 84.4 Å². The molecule has 8 rings (SSSR count). The third-order valence-electron chi connectivity index (χ3n) is 7.01. The van der Waals surface area contributed by atoms with Gasteiger partial charge in [0.1, 0.15) is 11.2 Å². The Morgan fingerprint density at radius 1 is 0.538 bits per heavy atom. The predicted molar refractivity (Wildman–Crippen MR) is 161 cm³/mol.